The topological polar surface area (TPSA) is 29.0 Å². The van der Waals surface area contributed by atoms with Gasteiger partial charge in [-0.25, -0.2) is 9.97 Å². The molecule has 10 rings (SSSR count). The van der Waals surface area contributed by atoms with E-state index in [1.165, 1.54) is 16.2 Å². The number of rotatable bonds is 7. The van der Waals surface area contributed by atoms with Crippen LogP contribution in [0.1, 0.15) is 0 Å². The second-order valence-corrected chi connectivity index (χ2v) is 13.8. The lowest BCUT2D eigenvalue weighted by atomic mass is 9.94. The highest BCUT2D eigenvalue weighted by Gasteiger charge is 2.18. The molecule has 3 nitrogen and oxygen atoms in total. The molecule has 2 heterocycles. The van der Waals surface area contributed by atoms with E-state index in [1.807, 2.05) is 6.07 Å². The van der Waals surface area contributed by atoms with Gasteiger partial charge in [0, 0.05) is 49.9 Å². The molecular weight excluding hydrogens is 667 g/mol. The smallest absolute Gasteiger partial charge is 0.0788 e. The van der Waals surface area contributed by atoms with Crippen LogP contribution in [0.3, 0.4) is 0 Å². The predicted molar refractivity (Wildman–Crippen MR) is 231 cm³/mol. The first-order valence-corrected chi connectivity index (χ1v) is 18.7. The van der Waals surface area contributed by atoms with E-state index >= 15 is 0 Å². The van der Waals surface area contributed by atoms with Gasteiger partial charge in [-0.1, -0.05) is 164 Å². The summed E-state index contributed by atoms with van der Waals surface area (Å²) in [5.74, 6) is 0. The first kappa shape index (κ1) is 32.3. The number of hydrogen-bond donors (Lipinski definition) is 0. The summed E-state index contributed by atoms with van der Waals surface area (Å²) in [7, 11) is 0. The number of hydrogen-bond acceptors (Lipinski definition) is 3. The number of pyridine rings is 2. The quantitative estimate of drug-likeness (QED) is 0.155. The third-order valence-corrected chi connectivity index (χ3v) is 10.4. The van der Waals surface area contributed by atoms with Gasteiger partial charge in [-0.15, -0.1) is 0 Å². The van der Waals surface area contributed by atoms with E-state index in [1.54, 1.807) is 0 Å². The summed E-state index contributed by atoms with van der Waals surface area (Å²) >= 11 is 0. The van der Waals surface area contributed by atoms with Gasteiger partial charge in [0.1, 0.15) is 0 Å². The van der Waals surface area contributed by atoms with Crippen molar-refractivity contribution < 1.29 is 0 Å². The third kappa shape index (κ3) is 6.08. The van der Waals surface area contributed by atoms with Gasteiger partial charge in [0.05, 0.1) is 22.6 Å². The van der Waals surface area contributed by atoms with Crippen LogP contribution in [-0.2, 0) is 0 Å². The zero-order valence-electron chi connectivity index (χ0n) is 30.0. The maximum atomic E-state index is 5.48. The lowest BCUT2D eigenvalue weighted by Crippen LogP contribution is -2.09. The molecule has 0 amide bonds. The Balaban J connectivity index is 1.14. The molecule has 258 valence electrons. The molecule has 0 radical (unpaired) electrons. The summed E-state index contributed by atoms with van der Waals surface area (Å²) in [6.45, 7) is 0. The number of aromatic nitrogens is 2. The molecule has 0 fully saturated rings. The van der Waals surface area contributed by atoms with Crippen LogP contribution in [0.25, 0.3) is 77.3 Å². The SMILES string of the molecule is c1ccc(-c2cc(-c3ccccc3)nc(-c3ccc(-c4nc5cc(N(c6ccccc6)c6ccccc6)ccc5c5c4ccc4ccccc45)cc3)c2)cc1. The fourth-order valence-corrected chi connectivity index (χ4v) is 7.76. The molecule has 0 saturated heterocycles. The maximum Gasteiger partial charge on any atom is 0.0788 e. The normalized spacial score (nSPS) is 11.3. The second-order valence-electron chi connectivity index (χ2n) is 13.8. The van der Waals surface area contributed by atoms with Crippen molar-refractivity contribution in [2.45, 2.75) is 0 Å². The molecule has 0 atom stereocenters. The van der Waals surface area contributed by atoms with Crippen molar-refractivity contribution in [1.29, 1.82) is 0 Å². The molecule has 0 aliphatic heterocycles. The van der Waals surface area contributed by atoms with Crippen LogP contribution in [0, 0.1) is 0 Å². The number of para-hydroxylation sites is 2. The van der Waals surface area contributed by atoms with Crippen LogP contribution in [0.15, 0.2) is 212 Å². The van der Waals surface area contributed by atoms with Crippen molar-refractivity contribution in [3.63, 3.8) is 0 Å². The van der Waals surface area contributed by atoms with E-state index < -0.39 is 0 Å². The molecule has 0 saturated carbocycles. The molecular formula is C52H35N3. The Bertz CT molecular complexity index is 2850. The van der Waals surface area contributed by atoms with Crippen LogP contribution >= 0.6 is 0 Å². The Morgan fingerprint density at radius 3 is 1.49 bits per heavy atom. The van der Waals surface area contributed by atoms with Crippen LogP contribution in [0.4, 0.5) is 17.1 Å². The van der Waals surface area contributed by atoms with Gasteiger partial charge < -0.3 is 4.90 Å². The summed E-state index contributed by atoms with van der Waals surface area (Å²) in [5, 5.41) is 5.90. The highest BCUT2D eigenvalue weighted by Crippen LogP contribution is 2.41. The molecule has 0 N–H and O–H groups in total. The average molecular weight is 702 g/mol. The fourth-order valence-electron chi connectivity index (χ4n) is 7.76. The van der Waals surface area contributed by atoms with Crippen molar-refractivity contribution in [3.8, 4) is 44.9 Å². The highest BCUT2D eigenvalue weighted by atomic mass is 15.1. The first-order chi connectivity index (χ1) is 27.3. The van der Waals surface area contributed by atoms with Crippen molar-refractivity contribution in [2.75, 3.05) is 4.90 Å². The van der Waals surface area contributed by atoms with Crippen molar-refractivity contribution in [3.05, 3.63) is 212 Å². The van der Waals surface area contributed by atoms with Gasteiger partial charge in [0.15, 0.2) is 0 Å². The Hall–Kier alpha value is -7.36. The van der Waals surface area contributed by atoms with Crippen LogP contribution < -0.4 is 4.90 Å². The summed E-state index contributed by atoms with van der Waals surface area (Å²) < 4.78 is 0. The minimum absolute atomic E-state index is 0.931. The number of nitrogens with zero attached hydrogens (tertiary/aromatic N) is 3. The van der Waals surface area contributed by atoms with Crippen LogP contribution in [-0.4, -0.2) is 9.97 Å². The van der Waals surface area contributed by atoms with Gasteiger partial charge in [-0.2, -0.15) is 0 Å². The largest absolute Gasteiger partial charge is 0.310 e. The predicted octanol–water partition coefficient (Wildman–Crippen LogP) is 14.1. The molecule has 8 aromatic carbocycles. The Morgan fingerprint density at radius 1 is 0.309 bits per heavy atom. The highest BCUT2D eigenvalue weighted by molar-refractivity contribution is 6.22. The molecule has 0 bridgehead atoms. The van der Waals surface area contributed by atoms with Crippen LogP contribution in [0.5, 0.6) is 0 Å². The molecule has 55 heavy (non-hydrogen) atoms. The van der Waals surface area contributed by atoms with E-state index in [-0.39, 0.29) is 0 Å². The minimum atomic E-state index is 0.931. The van der Waals surface area contributed by atoms with E-state index in [9.17, 15) is 0 Å². The van der Waals surface area contributed by atoms with Gasteiger partial charge in [0.25, 0.3) is 0 Å². The zero-order valence-corrected chi connectivity index (χ0v) is 30.0. The maximum absolute atomic E-state index is 5.48. The summed E-state index contributed by atoms with van der Waals surface area (Å²) in [6, 6.07) is 74.9. The summed E-state index contributed by atoms with van der Waals surface area (Å²) in [6.07, 6.45) is 0. The number of fused-ring (bicyclic) bond motifs is 5. The van der Waals surface area contributed by atoms with Crippen molar-refractivity contribution >= 4 is 49.5 Å². The molecule has 0 unspecified atom stereocenters. The summed E-state index contributed by atoms with van der Waals surface area (Å²) in [5.41, 5.74) is 12.5. The van der Waals surface area contributed by atoms with Gasteiger partial charge in [0.2, 0.25) is 0 Å². The number of benzene rings is 8. The zero-order chi connectivity index (χ0) is 36.6. The molecule has 3 heteroatoms. The number of anilines is 3. The standard InChI is InChI=1S/C52H35N3/c1-5-15-36(16-6-1)41-33-48(38-18-7-2-8-19-38)53-49(34-41)39-25-27-40(28-26-39)52-47-31-29-37-17-13-14-24-45(37)51(47)46-32-30-44(35-50(46)54-52)55(42-20-9-3-10-21-42)43-22-11-4-12-23-43/h1-35H. The second kappa shape index (κ2) is 13.9. The lowest BCUT2D eigenvalue weighted by Gasteiger charge is -2.26. The first-order valence-electron chi connectivity index (χ1n) is 18.7. The summed E-state index contributed by atoms with van der Waals surface area (Å²) in [4.78, 5) is 13.0. The molecule has 0 aliphatic carbocycles. The lowest BCUT2D eigenvalue weighted by molar-refractivity contribution is 1.28. The van der Waals surface area contributed by atoms with Gasteiger partial charge in [-0.05, 0) is 70.4 Å². The molecule has 0 aliphatic rings. The Morgan fingerprint density at radius 2 is 0.836 bits per heavy atom. The van der Waals surface area contributed by atoms with E-state index in [0.717, 1.165) is 78.3 Å². The minimum Gasteiger partial charge on any atom is -0.310 e. The fraction of sp³-hybridized carbons (Fsp3) is 0. The van der Waals surface area contributed by atoms with Gasteiger partial charge >= 0.3 is 0 Å². The molecule has 2 aromatic heterocycles. The van der Waals surface area contributed by atoms with E-state index in [0.29, 0.717) is 0 Å². The van der Waals surface area contributed by atoms with Crippen molar-refractivity contribution in [2.24, 2.45) is 0 Å². The van der Waals surface area contributed by atoms with Crippen LogP contribution in [0.2, 0.25) is 0 Å². The Labute approximate surface area is 320 Å². The van der Waals surface area contributed by atoms with E-state index in [2.05, 4.69) is 211 Å². The monoisotopic (exact) mass is 701 g/mol. The third-order valence-electron chi connectivity index (χ3n) is 10.4. The molecule has 10 aromatic rings. The molecule has 0 spiro atoms. The van der Waals surface area contributed by atoms with E-state index in [4.69, 9.17) is 9.97 Å². The van der Waals surface area contributed by atoms with Crippen molar-refractivity contribution in [1.82, 2.24) is 9.97 Å². The van der Waals surface area contributed by atoms with Gasteiger partial charge in [-0.3, -0.25) is 0 Å². The Kier molecular flexibility index (Phi) is 8.16. The average Bonchev–Trinajstić information content (AvgIpc) is 3.27.